The van der Waals surface area contributed by atoms with Crippen molar-refractivity contribution in [1.29, 1.82) is 0 Å². The van der Waals surface area contributed by atoms with Crippen LogP contribution in [0.15, 0.2) is 42.7 Å². The van der Waals surface area contributed by atoms with E-state index >= 15 is 0 Å². The monoisotopic (exact) mass is 382 g/mol. The van der Waals surface area contributed by atoms with E-state index in [9.17, 15) is 5.11 Å². The molecule has 1 atom stereocenters. The summed E-state index contributed by atoms with van der Waals surface area (Å²) in [6.07, 6.45) is 4.46. The number of hydrogen-bond donors (Lipinski definition) is 1. The summed E-state index contributed by atoms with van der Waals surface area (Å²) in [5, 5.41) is 14.8. The molecule has 1 N–H and O–H groups in total. The normalized spacial score (nSPS) is 17.4. The van der Waals surface area contributed by atoms with Crippen molar-refractivity contribution < 1.29 is 14.6 Å². The molecule has 0 aliphatic carbocycles. The fourth-order valence-corrected chi connectivity index (χ4v) is 3.51. The number of aliphatic hydroxyl groups excluding tert-OH is 1. The Morgan fingerprint density at radius 3 is 3.00 bits per heavy atom. The molecular formula is C21H26N4O3. The van der Waals surface area contributed by atoms with Gasteiger partial charge in [0.15, 0.2) is 0 Å². The van der Waals surface area contributed by atoms with E-state index in [4.69, 9.17) is 9.47 Å². The van der Waals surface area contributed by atoms with Crippen LogP contribution < -0.4 is 9.64 Å². The molecule has 1 aliphatic heterocycles. The average molecular weight is 382 g/mol. The zero-order chi connectivity index (χ0) is 19.5. The standard InChI is InChI=1S/C21H26N4O3/c1-15(2)28-18-4-3-16-13-23-25(20(16)12-18)17-5-7-22-21(11-17)24-8-10-27-19(14-24)6-9-26/h3-5,7,11-13,15,19,26H,6,8-10,14H2,1-2H3. The third kappa shape index (κ3) is 3.95. The molecule has 0 saturated carbocycles. The lowest BCUT2D eigenvalue weighted by molar-refractivity contribution is 0.0244. The van der Waals surface area contributed by atoms with E-state index in [0.29, 0.717) is 13.0 Å². The van der Waals surface area contributed by atoms with Gasteiger partial charge in [-0.15, -0.1) is 0 Å². The Kier molecular flexibility index (Phi) is 5.45. The van der Waals surface area contributed by atoms with Gasteiger partial charge in [0.2, 0.25) is 0 Å². The first-order valence-electron chi connectivity index (χ1n) is 9.72. The number of fused-ring (bicyclic) bond motifs is 1. The molecule has 1 unspecified atom stereocenters. The smallest absolute Gasteiger partial charge is 0.130 e. The molecule has 3 aromatic rings. The minimum Gasteiger partial charge on any atom is -0.491 e. The number of rotatable bonds is 6. The van der Waals surface area contributed by atoms with Crippen LogP contribution in [0.2, 0.25) is 0 Å². The second-order valence-electron chi connectivity index (χ2n) is 7.27. The zero-order valence-corrected chi connectivity index (χ0v) is 16.3. The lowest BCUT2D eigenvalue weighted by Crippen LogP contribution is -2.43. The van der Waals surface area contributed by atoms with E-state index in [1.165, 1.54) is 0 Å². The Morgan fingerprint density at radius 1 is 1.29 bits per heavy atom. The summed E-state index contributed by atoms with van der Waals surface area (Å²) < 4.78 is 13.5. The first kappa shape index (κ1) is 18.7. The molecule has 148 valence electrons. The highest BCUT2D eigenvalue weighted by Crippen LogP contribution is 2.26. The fraction of sp³-hybridized carbons (Fsp3) is 0.429. The molecule has 0 bridgehead atoms. The van der Waals surface area contributed by atoms with Crippen LogP contribution in [0.25, 0.3) is 16.6 Å². The number of aliphatic hydroxyl groups is 1. The molecule has 1 aliphatic rings. The second-order valence-corrected chi connectivity index (χ2v) is 7.27. The zero-order valence-electron chi connectivity index (χ0n) is 16.3. The van der Waals surface area contributed by atoms with Crippen molar-refractivity contribution in [3.63, 3.8) is 0 Å². The Hall–Kier alpha value is -2.64. The van der Waals surface area contributed by atoms with Gasteiger partial charge >= 0.3 is 0 Å². The van der Waals surface area contributed by atoms with Crippen molar-refractivity contribution in [2.75, 3.05) is 31.2 Å². The molecule has 7 heteroatoms. The summed E-state index contributed by atoms with van der Waals surface area (Å²) in [4.78, 5) is 6.75. The molecule has 28 heavy (non-hydrogen) atoms. The predicted octanol–water partition coefficient (Wildman–Crippen LogP) is 2.80. The van der Waals surface area contributed by atoms with Crippen molar-refractivity contribution in [1.82, 2.24) is 14.8 Å². The average Bonchev–Trinajstić information content (AvgIpc) is 3.11. The van der Waals surface area contributed by atoms with Crippen molar-refractivity contribution in [2.45, 2.75) is 32.5 Å². The SMILES string of the molecule is CC(C)Oc1ccc2cnn(-c3ccnc(N4CCOC(CCO)C4)c3)c2c1. The first-order valence-corrected chi connectivity index (χ1v) is 9.72. The van der Waals surface area contributed by atoms with Gasteiger partial charge in [-0.3, -0.25) is 0 Å². The van der Waals surface area contributed by atoms with Crippen molar-refractivity contribution in [3.8, 4) is 11.4 Å². The molecular weight excluding hydrogens is 356 g/mol. The van der Waals surface area contributed by atoms with E-state index in [1.807, 2.05) is 61.3 Å². The summed E-state index contributed by atoms with van der Waals surface area (Å²) in [6.45, 7) is 6.31. The predicted molar refractivity (Wildman–Crippen MR) is 108 cm³/mol. The quantitative estimate of drug-likeness (QED) is 0.707. The number of pyridine rings is 1. The molecule has 4 rings (SSSR count). The van der Waals surface area contributed by atoms with Gasteiger partial charge in [0, 0.05) is 43.4 Å². The first-order chi connectivity index (χ1) is 13.6. The number of hydrogen-bond acceptors (Lipinski definition) is 6. The summed E-state index contributed by atoms with van der Waals surface area (Å²) in [5.74, 6) is 1.72. The molecule has 3 heterocycles. The molecule has 2 aromatic heterocycles. The Balaban J connectivity index is 1.64. The van der Waals surface area contributed by atoms with E-state index in [0.717, 1.165) is 41.2 Å². The largest absolute Gasteiger partial charge is 0.491 e. The van der Waals surface area contributed by atoms with Gasteiger partial charge in [0.25, 0.3) is 0 Å². The van der Waals surface area contributed by atoms with E-state index in [1.54, 1.807) is 0 Å². The number of benzene rings is 1. The van der Waals surface area contributed by atoms with Crippen LogP contribution >= 0.6 is 0 Å². The van der Waals surface area contributed by atoms with Crippen LogP contribution in [-0.4, -0.2) is 58.4 Å². The van der Waals surface area contributed by atoms with Crippen LogP contribution in [0.3, 0.4) is 0 Å². The van der Waals surface area contributed by atoms with Crippen molar-refractivity contribution in [2.24, 2.45) is 0 Å². The maximum atomic E-state index is 9.19. The van der Waals surface area contributed by atoms with Gasteiger partial charge in [-0.05, 0) is 38.5 Å². The summed E-state index contributed by atoms with van der Waals surface area (Å²) in [5.41, 5.74) is 1.95. The molecule has 1 saturated heterocycles. The van der Waals surface area contributed by atoms with E-state index < -0.39 is 0 Å². The van der Waals surface area contributed by atoms with Crippen LogP contribution in [0.5, 0.6) is 5.75 Å². The maximum absolute atomic E-state index is 9.19. The molecule has 0 radical (unpaired) electrons. The molecule has 0 amide bonds. The van der Waals surface area contributed by atoms with Gasteiger partial charge in [-0.1, -0.05) is 0 Å². The third-order valence-electron chi connectivity index (χ3n) is 4.80. The fourth-order valence-electron chi connectivity index (χ4n) is 3.51. The van der Waals surface area contributed by atoms with E-state index in [-0.39, 0.29) is 18.8 Å². The van der Waals surface area contributed by atoms with Crippen LogP contribution in [0.4, 0.5) is 5.82 Å². The summed E-state index contributed by atoms with van der Waals surface area (Å²) in [6, 6.07) is 10.0. The molecule has 1 aromatic carbocycles. The van der Waals surface area contributed by atoms with E-state index in [2.05, 4.69) is 15.0 Å². The van der Waals surface area contributed by atoms with Crippen LogP contribution in [-0.2, 0) is 4.74 Å². The van der Waals surface area contributed by atoms with Gasteiger partial charge in [0.1, 0.15) is 11.6 Å². The maximum Gasteiger partial charge on any atom is 0.130 e. The minimum atomic E-state index is 0.0329. The Bertz CT molecular complexity index is 938. The van der Waals surface area contributed by atoms with Gasteiger partial charge in [0.05, 0.1) is 36.2 Å². The van der Waals surface area contributed by atoms with Gasteiger partial charge < -0.3 is 19.5 Å². The Morgan fingerprint density at radius 2 is 2.18 bits per heavy atom. The highest BCUT2D eigenvalue weighted by molar-refractivity contribution is 5.81. The number of nitrogens with zero attached hydrogens (tertiary/aromatic N) is 4. The molecule has 1 fully saturated rings. The van der Waals surface area contributed by atoms with Gasteiger partial charge in [-0.2, -0.15) is 5.10 Å². The van der Waals surface area contributed by atoms with Crippen LogP contribution in [0, 0.1) is 0 Å². The topological polar surface area (TPSA) is 72.6 Å². The number of morpholine rings is 1. The number of aromatic nitrogens is 3. The van der Waals surface area contributed by atoms with Gasteiger partial charge in [-0.25, -0.2) is 9.67 Å². The summed E-state index contributed by atoms with van der Waals surface area (Å²) >= 11 is 0. The number of anilines is 1. The Labute approximate surface area is 164 Å². The highest BCUT2D eigenvalue weighted by atomic mass is 16.5. The number of ether oxygens (including phenoxy) is 2. The minimum absolute atomic E-state index is 0.0329. The lowest BCUT2D eigenvalue weighted by atomic mass is 10.2. The second kappa shape index (κ2) is 8.16. The summed E-state index contributed by atoms with van der Waals surface area (Å²) in [7, 11) is 0. The van der Waals surface area contributed by atoms with Crippen molar-refractivity contribution >= 4 is 16.7 Å². The third-order valence-corrected chi connectivity index (χ3v) is 4.80. The highest BCUT2D eigenvalue weighted by Gasteiger charge is 2.21. The van der Waals surface area contributed by atoms with Crippen LogP contribution in [0.1, 0.15) is 20.3 Å². The molecule has 7 nitrogen and oxygen atoms in total. The molecule has 0 spiro atoms. The van der Waals surface area contributed by atoms with Crippen molar-refractivity contribution in [3.05, 3.63) is 42.7 Å². The lowest BCUT2D eigenvalue weighted by Gasteiger charge is -2.33.